The van der Waals surface area contributed by atoms with Gasteiger partial charge in [0.15, 0.2) is 14.6 Å². The van der Waals surface area contributed by atoms with Gasteiger partial charge in [0.2, 0.25) is 5.91 Å². The molecule has 2 rings (SSSR count). The van der Waals surface area contributed by atoms with Crippen molar-refractivity contribution >= 4 is 45.4 Å². The number of rotatable bonds is 5. The Kier molecular flexibility index (Phi) is 7.34. The number of carbonyl (C=O) groups excluding carboxylic acids is 1. The molecule has 24 heavy (non-hydrogen) atoms. The Bertz CT molecular complexity index is 689. The Morgan fingerprint density at radius 3 is 2.50 bits per heavy atom. The highest BCUT2D eigenvalue weighted by atomic mass is 35.5. The highest BCUT2D eigenvalue weighted by Crippen LogP contribution is 2.31. The second-order valence-corrected chi connectivity index (χ2v) is 8.28. The molecule has 0 saturated carbocycles. The lowest BCUT2D eigenvalue weighted by Gasteiger charge is -2.34. The Hall–Kier alpha value is -1.02. The van der Waals surface area contributed by atoms with Crippen LogP contribution in [-0.2, 0) is 14.6 Å². The molecule has 0 atom stereocenters. The number of carbonyl (C=O) groups is 1. The summed E-state index contributed by atoms with van der Waals surface area (Å²) in [5.74, 6) is 0.00795. The Balaban J connectivity index is 0.00000288. The minimum Gasteiger partial charge on any atom is -0.492 e. The number of hydrogen-bond donors (Lipinski definition) is 2. The van der Waals surface area contributed by atoms with Crippen LogP contribution in [0.15, 0.2) is 18.2 Å². The Morgan fingerprint density at radius 2 is 2.00 bits per heavy atom. The third kappa shape index (κ3) is 4.33. The van der Waals surface area contributed by atoms with Gasteiger partial charge in [0, 0.05) is 11.9 Å². The van der Waals surface area contributed by atoms with Crippen molar-refractivity contribution in [1.82, 2.24) is 5.32 Å². The molecule has 1 aliphatic heterocycles. The number of piperidine rings is 1. The summed E-state index contributed by atoms with van der Waals surface area (Å²) in [5, 5.41) is 6.13. The fourth-order valence-corrected chi connectivity index (χ4v) is 4.26. The summed E-state index contributed by atoms with van der Waals surface area (Å²) in [7, 11) is -3.54. The van der Waals surface area contributed by atoms with Gasteiger partial charge in [-0.15, -0.1) is 12.4 Å². The number of anilines is 1. The number of benzene rings is 1. The van der Waals surface area contributed by atoms with Crippen LogP contribution >= 0.6 is 24.0 Å². The molecule has 1 heterocycles. The lowest BCUT2D eigenvalue weighted by atomic mass is 9.95. The molecule has 1 aliphatic rings. The van der Waals surface area contributed by atoms with E-state index in [1.165, 1.54) is 0 Å². The number of nitrogens with one attached hydrogen (secondary N) is 2. The SMILES string of the molecule is CCOc1ccc(NC(=O)C2(S(C)(=O)=O)CCNCC2)cc1Cl.Cl. The summed E-state index contributed by atoms with van der Waals surface area (Å²) in [6.07, 6.45) is 1.62. The van der Waals surface area contributed by atoms with E-state index in [4.69, 9.17) is 16.3 Å². The lowest BCUT2D eigenvalue weighted by Crippen LogP contribution is -2.55. The molecule has 0 aromatic heterocycles. The minimum atomic E-state index is -3.54. The molecule has 9 heteroatoms. The number of sulfone groups is 1. The average molecular weight is 397 g/mol. The molecule has 6 nitrogen and oxygen atoms in total. The van der Waals surface area contributed by atoms with Crippen molar-refractivity contribution in [2.45, 2.75) is 24.5 Å². The Labute approximate surface area is 153 Å². The maximum atomic E-state index is 12.7. The predicted molar refractivity (Wildman–Crippen MR) is 98.2 cm³/mol. The maximum Gasteiger partial charge on any atom is 0.245 e. The van der Waals surface area contributed by atoms with Crippen LogP contribution in [-0.4, -0.2) is 45.0 Å². The highest BCUT2D eigenvalue weighted by molar-refractivity contribution is 7.92. The number of hydrogen-bond acceptors (Lipinski definition) is 5. The van der Waals surface area contributed by atoms with Crippen LogP contribution in [0.4, 0.5) is 5.69 Å². The van der Waals surface area contributed by atoms with Crippen LogP contribution in [0.2, 0.25) is 5.02 Å². The number of ether oxygens (including phenoxy) is 1. The van der Waals surface area contributed by atoms with Crippen molar-refractivity contribution in [2.75, 3.05) is 31.3 Å². The van der Waals surface area contributed by atoms with E-state index in [9.17, 15) is 13.2 Å². The van der Waals surface area contributed by atoms with Crippen LogP contribution in [0.5, 0.6) is 5.75 Å². The minimum absolute atomic E-state index is 0. The fourth-order valence-electron chi connectivity index (χ4n) is 2.69. The molecule has 0 spiro atoms. The highest BCUT2D eigenvalue weighted by Gasteiger charge is 2.48. The van der Waals surface area contributed by atoms with Gasteiger partial charge in [0.25, 0.3) is 0 Å². The van der Waals surface area contributed by atoms with Gasteiger partial charge < -0.3 is 15.4 Å². The molecule has 2 N–H and O–H groups in total. The molecule has 1 aromatic carbocycles. The van der Waals surface area contributed by atoms with Crippen molar-refractivity contribution in [3.8, 4) is 5.75 Å². The smallest absolute Gasteiger partial charge is 0.245 e. The molecule has 0 aliphatic carbocycles. The van der Waals surface area contributed by atoms with Crippen LogP contribution in [0.3, 0.4) is 0 Å². The molecule has 0 radical (unpaired) electrons. The van der Waals surface area contributed by atoms with Gasteiger partial charge in [-0.25, -0.2) is 8.42 Å². The zero-order valence-corrected chi connectivity index (χ0v) is 16.0. The van der Waals surface area contributed by atoms with E-state index in [1.807, 2.05) is 6.92 Å². The van der Waals surface area contributed by atoms with Crippen molar-refractivity contribution in [3.63, 3.8) is 0 Å². The normalized spacial score (nSPS) is 16.8. The zero-order chi connectivity index (χ0) is 17.1. The summed E-state index contributed by atoms with van der Waals surface area (Å²) in [6.45, 7) is 3.31. The second kappa shape index (κ2) is 8.38. The summed E-state index contributed by atoms with van der Waals surface area (Å²) in [4.78, 5) is 12.7. The van der Waals surface area contributed by atoms with Crippen molar-refractivity contribution in [3.05, 3.63) is 23.2 Å². The first-order valence-corrected chi connectivity index (χ1v) is 9.71. The van der Waals surface area contributed by atoms with Crippen molar-refractivity contribution in [2.24, 2.45) is 0 Å². The Morgan fingerprint density at radius 1 is 1.38 bits per heavy atom. The molecular formula is C15H22Cl2N2O4S. The molecule has 0 unspecified atom stereocenters. The third-order valence-corrected chi connectivity index (χ3v) is 6.33. The van der Waals surface area contributed by atoms with Crippen LogP contribution < -0.4 is 15.4 Å². The molecular weight excluding hydrogens is 375 g/mol. The molecule has 136 valence electrons. The quantitative estimate of drug-likeness (QED) is 0.796. The first kappa shape index (κ1) is 21.0. The van der Waals surface area contributed by atoms with Gasteiger partial charge in [-0.3, -0.25) is 4.79 Å². The van der Waals surface area contributed by atoms with Crippen molar-refractivity contribution in [1.29, 1.82) is 0 Å². The fraction of sp³-hybridized carbons (Fsp3) is 0.533. The summed E-state index contributed by atoms with van der Waals surface area (Å²) in [6, 6.07) is 4.85. The van der Waals surface area contributed by atoms with Crippen LogP contribution in [0, 0.1) is 0 Å². The van der Waals surface area contributed by atoms with E-state index >= 15 is 0 Å². The number of amides is 1. The summed E-state index contributed by atoms with van der Waals surface area (Å²) in [5.41, 5.74) is 0.449. The van der Waals surface area contributed by atoms with E-state index in [1.54, 1.807) is 18.2 Å². The average Bonchev–Trinajstić information content (AvgIpc) is 2.49. The third-order valence-electron chi connectivity index (χ3n) is 4.02. The van der Waals surface area contributed by atoms with Gasteiger partial charge in [-0.05, 0) is 51.1 Å². The van der Waals surface area contributed by atoms with E-state index in [-0.39, 0.29) is 25.2 Å². The van der Waals surface area contributed by atoms with Gasteiger partial charge in [0.05, 0.1) is 11.6 Å². The van der Waals surface area contributed by atoms with Crippen LogP contribution in [0.25, 0.3) is 0 Å². The summed E-state index contributed by atoms with van der Waals surface area (Å²) < 4.78 is 28.4. The zero-order valence-electron chi connectivity index (χ0n) is 13.6. The first-order chi connectivity index (χ1) is 10.8. The largest absolute Gasteiger partial charge is 0.492 e. The predicted octanol–water partition coefficient (Wildman–Crippen LogP) is 2.27. The van der Waals surface area contributed by atoms with Gasteiger partial charge in [-0.2, -0.15) is 0 Å². The van der Waals surface area contributed by atoms with Crippen LogP contribution in [0.1, 0.15) is 19.8 Å². The van der Waals surface area contributed by atoms with E-state index in [0.717, 1.165) is 6.26 Å². The molecule has 1 fully saturated rings. The molecule has 1 saturated heterocycles. The van der Waals surface area contributed by atoms with Gasteiger partial charge in [0.1, 0.15) is 5.75 Å². The van der Waals surface area contributed by atoms with Gasteiger partial charge in [-0.1, -0.05) is 11.6 Å². The summed E-state index contributed by atoms with van der Waals surface area (Å²) >= 11 is 6.10. The molecule has 0 bridgehead atoms. The topological polar surface area (TPSA) is 84.5 Å². The van der Waals surface area contributed by atoms with Crippen molar-refractivity contribution < 1.29 is 17.9 Å². The second-order valence-electron chi connectivity index (χ2n) is 5.55. The number of halogens is 2. The lowest BCUT2D eigenvalue weighted by molar-refractivity contribution is -0.119. The first-order valence-electron chi connectivity index (χ1n) is 7.44. The maximum absolute atomic E-state index is 12.7. The van der Waals surface area contributed by atoms with Gasteiger partial charge >= 0.3 is 0 Å². The molecule has 1 amide bonds. The van der Waals surface area contributed by atoms with E-state index < -0.39 is 20.5 Å². The molecule has 1 aromatic rings. The van der Waals surface area contributed by atoms with E-state index in [0.29, 0.717) is 36.2 Å². The van der Waals surface area contributed by atoms with E-state index in [2.05, 4.69) is 10.6 Å². The monoisotopic (exact) mass is 396 g/mol. The standard InChI is InChI=1S/C15H21ClN2O4S.ClH/c1-3-22-13-5-4-11(10-12(13)16)18-14(19)15(23(2,20)21)6-8-17-9-7-15;/h4-5,10,17H,3,6-9H2,1-2H3,(H,18,19);1H.